The van der Waals surface area contributed by atoms with Crippen LogP contribution in [0.25, 0.3) is 0 Å². The summed E-state index contributed by atoms with van der Waals surface area (Å²) in [6.07, 6.45) is 2.20. The first-order valence-electron chi connectivity index (χ1n) is 6.41. The highest BCUT2D eigenvalue weighted by molar-refractivity contribution is 9.10. The van der Waals surface area contributed by atoms with Crippen molar-refractivity contribution >= 4 is 15.9 Å². The van der Waals surface area contributed by atoms with Gasteiger partial charge in [-0.2, -0.15) is 0 Å². The Morgan fingerprint density at radius 2 is 1.74 bits per heavy atom. The molecule has 0 aliphatic heterocycles. The SMILES string of the molecule is CCCc1ccc(C(N)c2ccc(Br)c(F)c2)cc1. The van der Waals surface area contributed by atoms with Gasteiger partial charge in [-0.05, 0) is 51.2 Å². The van der Waals surface area contributed by atoms with Crippen molar-refractivity contribution in [3.8, 4) is 0 Å². The van der Waals surface area contributed by atoms with Crippen LogP contribution in [0.15, 0.2) is 46.9 Å². The second-order valence-corrected chi connectivity index (χ2v) is 5.50. The van der Waals surface area contributed by atoms with Crippen LogP contribution < -0.4 is 5.73 Å². The van der Waals surface area contributed by atoms with Crippen LogP contribution in [0.2, 0.25) is 0 Å². The monoisotopic (exact) mass is 321 g/mol. The number of aryl methyl sites for hydroxylation is 1. The fourth-order valence-electron chi connectivity index (χ4n) is 2.08. The molecule has 100 valence electrons. The molecule has 1 unspecified atom stereocenters. The van der Waals surface area contributed by atoms with E-state index < -0.39 is 0 Å². The van der Waals surface area contributed by atoms with E-state index in [0.717, 1.165) is 24.0 Å². The average molecular weight is 322 g/mol. The van der Waals surface area contributed by atoms with Crippen molar-refractivity contribution in [2.24, 2.45) is 5.73 Å². The minimum absolute atomic E-state index is 0.282. The molecule has 19 heavy (non-hydrogen) atoms. The van der Waals surface area contributed by atoms with Gasteiger partial charge in [-0.1, -0.05) is 43.7 Å². The number of nitrogens with two attached hydrogens (primary N) is 1. The van der Waals surface area contributed by atoms with Gasteiger partial charge in [-0.25, -0.2) is 4.39 Å². The molecule has 2 aromatic carbocycles. The molecule has 2 N–H and O–H groups in total. The highest BCUT2D eigenvalue weighted by atomic mass is 79.9. The molecule has 0 amide bonds. The number of hydrogen-bond donors (Lipinski definition) is 1. The number of hydrogen-bond acceptors (Lipinski definition) is 1. The Hall–Kier alpha value is -1.19. The Labute approximate surface area is 121 Å². The first-order valence-corrected chi connectivity index (χ1v) is 7.20. The van der Waals surface area contributed by atoms with Crippen LogP contribution >= 0.6 is 15.9 Å². The topological polar surface area (TPSA) is 26.0 Å². The maximum atomic E-state index is 13.5. The minimum Gasteiger partial charge on any atom is -0.320 e. The lowest BCUT2D eigenvalue weighted by Crippen LogP contribution is -2.12. The molecule has 0 aromatic heterocycles. The third-order valence-electron chi connectivity index (χ3n) is 3.18. The van der Waals surface area contributed by atoms with E-state index in [0.29, 0.717) is 4.47 Å². The highest BCUT2D eigenvalue weighted by Gasteiger charge is 2.11. The molecule has 3 heteroatoms. The lowest BCUT2D eigenvalue weighted by molar-refractivity contribution is 0.617. The predicted molar refractivity (Wildman–Crippen MR) is 80.6 cm³/mol. The summed E-state index contributed by atoms with van der Waals surface area (Å²) >= 11 is 3.15. The Balaban J connectivity index is 2.22. The van der Waals surface area contributed by atoms with Gasteiger partial charge in [0.25, 0.3) is 0 Å². The molecule has 0 saturated heterocycles. The zero-order chi connectivity index (χ0) is 13.8. The maximum absolute atomic E-state index is 13.5. The summed E-state index contributed by atoms with van der Waals surface area (Å²) in [5, 5.41) is 0. The molecule has 0 fully saturated rings. The largest absolute Gasteiger partial charge is 0.320 e. The molecular weight excluding hydrogens is 305 g/mol. The van der Waals surface area contributed by atoms with E-state index in [-0.39, 0.29) is 11.9 Å². The molecule has 2 rings (SSSR count). The molecule has 1 nitrogen and oxygen atoms in total. The summed E-state index contributed by atoms with van der Waals surface area (Å²) in [5.41, 5.74) is 9.27. The summed E-state index contributed by atoms with van der Waals surface area (Å²) < 4.78 is 14.0. The molecule has 1 atom stereocenters. The second kappa shape index (κ2) is 6.31. The van der Waals surface area contributed by atoms with E-state index in [4.69, 9.17) is 5.73 Å². The van der Waals surface area contributed by atoms with E-state index >= 15 is 0 Å². The number of halogens is 2. The Bertz CT molecular complexity index is 551. The van der Waals surface area contributed by atoms with E-state index in [9.17, 15) is 4.39 Å². The van der Waals surface area contributed by atoms with Gasteiger partial charge >= 0.3 is 0 Å². The van der Waals surface area contributed by atoms with Gasteiger partial charge in [0.15, 0.2) is 0 Å². The van der Waals surface area contributed by atoms with E-state index in [1.54, 1.807) is 6.07 Å². The van der Waals surface area contributed by atoms with E-state index in [1.165, 1.54) is 11.6 Å². The molecule has 0 bridgehead atoms. The van der Waals surface area contributed by atoms with Gasteiger partial charge in [-0.15, -0.1) is 0 Å². The van der Waals surface area contributed by atoms with Gasteiger partial charge in [0.2, 0.25) is 0 Å². The van der Waals surface area contributed by atoms with Crippen LogP contribution in [-0.2, 0) is 6.42 Å². The highest BCUT2D eigenvalue weighted by Crippen LogP contribution is 2.24. The fourth-order valence-corrected chi connectivity index (χ4v) is 2.33. The van der Waals surface area contributed by atoms with Crippen molar-refractivity contribution < 1.29 is 4.39 Å². The van der Waals surface area contributed by atoms with Crippen molar-refractivity contribution in [1.29, 1.82) is 0 Å². The molecule has 0 heterocycles. The van der Waals surface area contributed by atoms with Crippen molar-refractivity contribution in [2.75, 3.05) is 0 Å². The fraction of sp³-hybridized carbons (Fsp3) is 0.250. The van der Waals surface area contributed by atoms with Crippen molar-refractivity contribution in [2.45, 2.75) is 25.8 Å². The summed E-state index contributed by atoms with van der Waals surface area (Å²) in [7, 11) is 0. The lowest BCUT2D eigenvalue weighted by Gasteiger charge is -2.13. The molecule has 0 aliphatic carbocycles. The van der Waals surface area contributed by atoms with Gasteiger partial charge in [-0.3, -0.25) is 0 Å². The number of benzene rings is 2. The smallest absolute Gasteiger partial charge is 0.137 e. The van der Waals surface area contributed by atoms with Gasteiger partial charge in [0.05, 0.1) is 10.5 Å². The summed E-state index contributed by atoms with van der Waals surface area (Å²) in [6.45, 7) is 2.16. The zero-order valence-electron chi connectivity index (χ0n) is 10.9. The summed E-state index contributed by atoms with van der Waals surface area (Å²) in [5.74, 6) is -0.282. The van der Waals surface area contributed by atoms with E-state index in [1.807, 2.05) is 18.2 Å². The molecule has 0 spiro atoms. The minimum atomic E-state index is -0.293. The van der Waals surface area contributed by atoms with E-state index in [2.05, 4.69) is 35.0 Å². The standard InChI is InChI=1S/C16H17BrFN/c1-2-3-11-4-6-12(7-5-11)16(19)13-8-9-14(17)15(18)10-13/h4-10,16H,2-3,19H2,1H3. The first-order chi connectivity index (χ1) is 9.11. The van der Waals surface area contributed by atoms with Crippen LogP contribution in [0.3, 0.4) is 0 Å². The molecule has 0 radical (unpaired) electrons. The van der Waals surface area contributed by atoms with Crippen LogP contribution in [-0.4, -0.2) is 0 Å². The molecule has 0 saturated carbocycles. The maximum Gasteiger partial charge on any atom is 0.137 e. The van der Waals surface area contributed by atoms with Crippen molar-refractivity contribution in [1.82, 2.24) is 0 Å². The van der Waals surface area contributed by atoms with Crippen LogP contribution in [0.5, 0.6) is 0 Å². The zero-order valence-corrected chi connectivity index (χ0v) is 12.5. The second-order valence-electron chi connectivity index (χ2n) is 4.64. The molecular formula is C16H17BrFN. The summed E-state index contributed by atoms with van der Waals surface area (Å²) in [4.78, 5) is 0. The Morgan fingerprint density at radius 3 is 2.32 bits per heavy atom. The normalized spacial score (nSPS) is 12.4. The Kier molecular flexibility index (Phi) is 4.72. The third kappa shape index (κ3) is 3.43. The predicted octanol–water partition coefficient (Wildman–Crippen LogP) is 4.59. The number of rotatable bonds is 4. The van der Waals surface area contributed by atoms with Gasteiger partial charge in [0, 0.05) is 0 Å². The van der Waals surface area contributed by atoms with Gasteiger partial charge in [0.1, 0.15) is 5.82 Å². The van der Waals surface area contributed by atoms with Crippen LogP contribution in [0.1, 0.15) is 36.1 Å². The van der Waals surface area contributed by atoms with Crippen LogP contribution in [0, 0.1) is 5.82 Å². The van der Waals surface area contributed by atoms with Gasteiger partial charge < -0.3 is 5.73 Å². The molecule has 0 aliphatic rings. The average Bonchev–Trinajstić information content (AvgIpc) is 2.42. The summed E-state index contributed by atoms with van der Waals surface area (Å²) in [6, 6.07) is 13.0. The van der Waals surface area contributed by atoms with Crippen LogP contribution in [0.4, 0.5) is 4.39 Å². The van der Waals surface area contributed by atoms with Crippen molar-refractivity contribution in [3.05, 3.63) is 69.4 Å². The molecule has 2 aromatic rings. The quantitative estimate of drug-likeness (QED) is 0.875. The third-order valence-corrected chi connectivity index (χ3v) is 3.82. The first kappa shape index (κ1) is 14.2. The van der Waals surface area contributed by atoms with Crippen molar-refractivity contribution in [3.63, 3.8) is 0 Å². The Morgan fingerprint density at radius 1 is 1.11 bits per heavy atom. The lowest BCUT2D eigenvalue weighted by atomic mass is 9.98.